The van der Waals surface area contributed by atoms with Gasteiger partial charge in [-0.25, -0.2) is 0 Å². The third kappa shape index (κ3) is 2.67. The van der Waals surface area contributed by atoms with Crippen LogP contribution in [0, 0.1) is 0 Å². The SMILES string of the molecule is COc1ccc(O[S-](=O)=S)cc1. The number of hydrogen-bond donors (Lipinski definition) is 0. The van der Waals surface area contributed by atoms with Crippen molar-refractivity contribution in [2.24, 2.45) is 0 Å². The largest absolute Gasteiger partial charge is 0.551 e. The molecule has 0 saturated heterocycles. The molecule has 1 rings (SSSR count). The highest BCUT2D eigenvalue weighted by Gasteiger charge is 1.90. The van der Waals surface area contributed by atoms with Crippen LogP contribution in [0.5, 0.6) is 11.5 Å². The lowest BCUT2D eigenvalue weighted by Crippen LogP contribution is -1.87. The molecule has 0 N–H and O–H groups in total. The molecule has 0 amide bonds. The zero-order valence-electron chi connectivity index (χ0n) is 6.35. The summed E-state index contributed by atoms with van der Waals surface area (Å²) in [6.07, 6.45) is 0. The van der Waals surface area contributed by atoms with Crippen LogP contribution < -0.4 is 8.92 Å². The van der Waals surface area contributed by atoms with Crippen molar-refractivity contribution in [1.82, 2.24) is 0 Å². The Hall–Kier alpha value is -0.810. The van der Waals surface area contributed by atoms with Gasteiger partial charge < -0.3 is 13.1 Å². The summed E-state index contributed by atoms with van der Waals surface area (Å²) in [6.45, 7) is 0. The normalized spacial score (nSPS) is 9.83. The van der Waals surface area contributed by atoms with E-state index < -0.39 is 9.64 Å². The fraction of sp³-hybridized carbons (Fsp3) is 0.143. The molecule has 0 bridgehead atoms. The van der Waals surface area contributed by atoms with Crippen LogP contribution in [0.25, 0.3) is 0 Å². The van der Waals surface area contributed by atoms with Crippen LogP contribution in [0.15, 0.2) is 24.3 Å². The number of benzene rings is 1. The van der Waals surface area contributed by atoms with Crippen LogP contribution in [-0.2, 0) is 25.0 Å². The molecule has 0 aliphatic rings. The van der Waals surface area contributed by atoms with E-state index >= 15 is 0 Å². The van der Waals surface area contributed by atoms with Gasteiger partial charge >= 0.3 is 0 Å². The first kappa shape index (κ1) is 9.28. The van der Waals surface area contributed by atoms with E-state index in [0.29, 0.717) is 5.75 Å². The highest BCUT2D eigenvalue weighted by Crippen LogP contribution is 2.16. The molecule has 0 heterocycles. The Morgan fingerprint density at radius 3 is 2.17 bits per heavy atom. The van der Waals surface area contributed by atoms with Crippen LogP contribution in [0.4, 0.5) is 0 Å². The number of methoxy groups -OCH3 is 1. The molecule has 0 atom stereocenters. The fourth-order valence-electron chi connectivity index (χ4n) is 0.710. The molecule has 0 unspecified atom stereocenters. The number of rotatable bonds is 3. The Bertz CT molecular complexity index is 308. The van der Waals surface area contributed by atoms with Crippen LogP contribution in [-0.4, -0.2) is 7.11 Å². The Morgan fingerprint density at radius 1 is 1.25 bits per heavy atom. The summed E-state index contributed by atoms with van der Waals surface area (Å²) in [5.74, 6) is 1.20. The van der Waals surface area contributed by atoms with Gasteiger partial charge in [0.25, 0.3) is 0 Å². The van der Waals surface area contributed by atoms with E-state index in [1.807, 2.05) is 0 Å². The zero-order chi connectivity index (χ0) is 8.97. The summed E-state index contributed by atoms with van der Waals surface area (Å²) in [4.78, 5) is 0. The summed E-state index contributed by atoms with van der Waals surface area (Å²) in [7, 11) is -0.112. The van der Waals surface area contributed by atoms with Crippen LogP contribution >= 0.6 is 0 Å². The van der Waals surface area contributed by atoms with E-state index in [1.165, 1.54) is 0 Å². The lowest BCUT2D eigenvalue weighted by Gasteiger charge is -2.07. The van der Waals surface area contributed by atoms with Gasteiger partial charge in [0.05, 0.1) is 7.11 Å². The molecule has 66 valence electrons. The van der Waals surface area contributed by atoms with E-state index in [1.54, 1.807) is 31.4 Å². The van der Waals surface area contributed by atoms with E-state index in [4.69, 9.17) is 8.92 Å². The predicted octanol–water partition coefficient (Wildman–Crippen LogP) is 1.41. The van der Waals surface area contributed by atoms with Crippen LogP contribution in [0.1, 0.15) is 0 Å². The highest BCUT2D eigenvalue weighted by molar-refractivity contribution is 8.19. The van der Waals surface area contributed by atoms with Crippen molar-refractivity contribution in [3.63, 3.8) is 0 Å². The molecule has 1 aromatic carbocycles. The minimum absolute atomic E-state index is 0.476. The Kier molecular flexibility index (Phi) is 3.31. The third-order valence-corrected chi connectivity index (χ3v) is 1.76. The summed E-state index contributed by atoms with van der Waals surface area (Å²) < 4.78 is 20.1. The van der Waals surface area contributed by atoms with Gasteiger partial charge in [0.15, 0.2) is 0 Å². The topological polar surface area (TPSA) is 35.5 Å². The van der Waals surface area contributed by atoms with E-state index in [9.17, 15) is 4.21 Å². The summed E-state index contributed by atoms with van der Waals surface area (Å²) in [5.41, 5.74) is 0. The van der Waals surface area contributed by atoms with Crippen molar-refractivity contribution in [2.45, 2.75) is 0 Å². The Labute approximate surface area is 77.2 Å². The van der Waals surface area contributed by atoms with E-state index in [2.05, 4.69) is 11.2 Å². The second-order valence-corrected chi connectivity index (χ2v) is 3.35. The van der Waals surface area contributed by atoms with Gasteiger partial charge in [-0.2, -0.15) is 11.2 Å². The van der Waals surface area contributed by atoms with Crippen molar-refractivity contribution in [3.8, 4) is 11.5 Å². The maximum atomic E-state index is 10.4. The first-order valence-electron chi connectivity index (χ1n) is 3.14. The second kappa shape index (κ2) is 4.27. The molecule has 0 saturated carbocycles. The molecule has 0 fully saturated rings. The van der Waals surface area contributed by atoms with Gasteiger partial charge in [0, 0.05) is 0 Å². The van der Waals surface area contributed by atoms with Gasteiger partial charge in [-0.3, -0.25) is 0 Å². The average molecular weight is 203 g/mol. The van der Waals surface area contributed by atoms with Gasteiger partial charge in [0.2, 0.25) is 0 Å². The quantitative estimate of drug-likeness (QED) is 0.696. The first-order valence-corrected chi connectivity index (χ1v) is 5.14. The minimum Gasteiger partial charge on any atom is -0.551 e. The van der Waals surface area contributed by atoms with Crippen LogP contribution in [0.3, 0.4) is 0 Å². The maximum Gasteiger partial charge on any atom is 0.119 e. The third-order valence-electron chi connectivity index (χ3n) is 1.22. The maximum absolute atomic E-state index is 10.4. The first-order chi connectivity index (χ1) is 5.72. The molecule has 5 heteroatoms. The van der Waals surface area contributed by atoms with Gasteiger partial charge in [-0.05, 0) is 33.9 Å². The molecular weight excluding hydrogens is 196 g/mol. The fourth-order valence-corrected chi connectivity index (χ4v) is 1.21. The number of ether oxygens (including phenoxy) is 1. The van der Waals surface area contributed by atoms with Gasteiger partial charge in [0.1, 0.15) is 11.5 Å². The molecular formula is C7H7O3S2-. The van der Waals surface area contributed by atoms with Crippen molar-refractivity contribution < 1.29 is 13.1 Å². The van der Waals surface area contributed by atoms with Crippen molar-refractivity contribution in [1.29, 1.82) is 0 Å². The monoisotopic (exact) mass is 203 g/mol. The predicted molar refractivity (Wildman–Crippen MR) is 49.0 cm³/mol. The second-order valence-electron chi connectivity index (χ2n) is 1.96. The molecule has 0 aliphatic heterocycles. The van der Waals surface area contributed by atoms with Gasteiger partial charge in [-0.15, -0.1) is 0 Å². The molecule has 0 aliphatic carbocycles. The Balaban J connectivity index is 2.77. The molecule has 0 spiro atoms. The Morgan fingerprint density at radius 2 is 1.75 bits per heavy atom. The van der Waals surface area contributed by atoms with Gasteiger partial charge in [-0.1, -0.05) is 0 Å². The lowest BCUT2D eigenvalue weighted by atomic mass is 10.3. The molecule has 0 radical (unpaired) electrons. The number of hydrogen-bond acceptors (Lipinski definition) is 5. The van der Waals surface area contributed by atoms with Crippen molar-refractivity contribution >= 4 is 20.8 Å². The standard InChI is InChI=1S/C7H7O3S2/c1-9-6-2-4-7(5-3-6)10-12(8)11/h2-5H,1H3/q-1. The molecule has 0 aromatic heterocycles. The summed E-state index contributed by atoms with van der Waals surface area (Å²) >= 11 is 4.34. The van der Waals surface area contributed by atoms with Crippen molar-refractivity contribution in [2.75, 3.05) is 7.11 Å². The van der Waals surface area contributed by atoms with E-state index in [-0.39, 0.29) is 0 Å². The smallest absolute Gasteiger partial charge is 0.119 e. The zero-order valence-corrected chi connectivity index (χ0v) is 7.98. The minimum atomic E-state index is -1.68. The highest BCUT2D eigenvalue weighted by atomic mass is 32.8. The average Bonchev–Trinajstić information content (AvgIpc) is 2.05. The molecule has 12 heavy (non-hydrogen) atoms. The van der Waals surface area contributed by atoms with Crippen LogP contribution in [0.2, 0.25) is 0 Å². The summed E-state index contributed by atoms with van der Waals surface area (Å²) in [5, 5.41) is 0. The molecule has 3 nitrogen and oxygen atoms in total. The lowest BCUT2D eigenvalue weighted by molar-refractivity contribution is 0.414. The van der Waals surface area contributed by atoms with Crippen molar-refractivity contribution in [3.05, 3.63) is 24.3 Å². The molecule has 1 aromatic rings. The van der Waals surface area contributed by atoms with E-state index in [0.717, 1.165) is 5.75 Å². The summed E-state index contributed by atoms with van der Waals surface area (Å²) in [6, 6.07) is 6.70.